The molecular formula is C77H115ClN10O24. The van der Waals surface area contributed by atoms with Gasteiger partial charge in [0.15, 0.2) is 0 Å². The zero-order valence-electron chi connectivity index (χ0n) is 64.6. The Labute approximate surface area is 659 Å². The van der Waals surface area contributed by atoms with Crippen molar-refractivity contribution >= 4 is 78.3 Å². The first-order chi connectivity index (χ1) is 53.2. The molecule has 0 radical (unpaired) electrons. The van der Waals surface area contributed by atoms with Gasteiger partial charge in [0.05, 0.1) is 57.4 Å². The van der Waals surface area contributed by atoms with Crippen molar-refractivity contribution in [3.63, 3.8) is 0 Å². The van der Waals surface area contributed by atoms with Crippen LogP contribution in [0.25, 0.3) is 0 Å². The van der Waals surface area contributed by atoms with Crippen molar-refractivity contribution in [1.82, 2.24) is 46.2 Å². The summed E-state index contributed by atoms with van der Waals surface area (Å²) >= 11 is 0. The molecule has 0 aliphatic carbocycles. The minimum Gasteiger partial charge on any atom is -0.481 e. The molecule has 5 saturated heterocycles. The molecule has 9 rings (SSSR count). The van der Waals surface area contributed by atoms with Gasteiger partial charge in [-0.25, -0.2) is 24.0 Å². The predicted octanol–water partition coefficient (Wildman–Crippen LogP) is 3.40. The molecule has 4 aromatic rings. The SMILES string of the molecule is CC.COC(=O)[C@@H]1C[C@@H](O)CN1.COC(=O)[C@@H]1C[C@@H](O)CN1C(=O)CCNC(=O)OCc1ccccc1.C[C@@H]1C[C@@H](O)CN1C(=O)CCN.C[C@@H]1C[C@@H](O)CN1C(=O)CCNC(=O)OCc1ccccc1.Cl.O=C(NCCC(=O)N1C[C@H](O)C[C@H]1CO)OCc1ccccc1.O=C(O)CCCNC(=O)OCc1ccccc1. The van der Waals surface area contributed by atoms with Crippen molar-refractivity contribution in [2.45, 2.75) is 185 Å². The smallest absolute Gasteiger partial charge is 0.407 e. The average Bonchev–Trinajstić information content (AvgIpc) is 1.68. The highest BCUT2D eigenvalue weighted by molar-refractivity contribution is 5.86. The number of carboxylic acids is 1. The van der Waals surface area contributed by atoms with Crippen LogP contribution >= 0.6 is 12.4 Å². The van der Waals surface area contributed by atoms with Crippen molar-refractivity contribution in [2.24, 2.45) is 5.73 Å². The molecule has 0 bridgehead atoms. The van der Waals surface area contributed by atoms with Gasteiger partial charge in [0.25, 0.3) is 0 Å². The van der Waals surface area contributed by atoms with Gasteiger partial charge in [-0.15, -0.1) is 12.4 Å². The third kappa shape index (κ3) is 39.9. The van der Waals surface area contributed by atoms with Crippen LogP contribution < -0.4 is 32.3 Å². The summed E-state index contributed by atoms with van der Waals surface area (Å²) in [7, 11) is 2.58. The number of amides is 8. The number of hydrogen-bond donors (Lipinski definition) is 13. The van der Waals surface area contributed by atoms with Crippen LogP contribution in [0.1, 0.15) is 121 Å². The van der Waals surface area contributed by atoms with Gasteiger partial charge in [0.2, 0.25) is 23.6 Å². The number of ether oxygens (including phenoxy) is 6. The highest BCUT2D eigenvalue weighted by Gasteiger charge is 2.40. The largest absolute Gasteiger partial charge is 0.481 e. The van der Waals surface area contributed by atoms with Gasteiger partial charge in [0, 0.05) is 122 Å². The Morgan fingerprint density at radius 3 is 1.10 bits per heavy atom. The molecule has 0 saturated carbocycles. The number of nitrogens with two attached hydrogens (primary N) is 1. The lowest BCUT2D eigenvalue weighted by Crippen LogP contribution is -2.42. The zero-order valence-corrected chi connectivity index (χ0v) is 65.4. The number of rotatable bonds is 26. The van der Waals surface area contributed by atoms with Gasteiger partial charge in [-0.3, -0.25) is 28.8 Å². The molecule has 5 fully saturated rings. The number of nitrogens with zero attached hydrogens (tertiary/aromatic N) is 4. The van der Waals surface area contributed by atoms with E-state index in [1.807, 2.05) is 149 Å². The van der Waals surface area contributed by atoms with Crippen LogP contribution in [0, 0.1) is 0 Å². The highest BCUT2D eigenvalue weighted by Crippen LogP contribution is 2.22. The van der Waals surface area contributed by atoms with Crippen LogP contribution in [0.15, 0.2) is 121 Å². The fourth-order valence-electron chi connectivity index (χ4n) is 11.6. The van der Waals surface area contributed by atoms with Crippen LogP contribution in [-0.4, -0.2) is 268 Å². The summed E-state index contributed by atoms with van der Waals surface area (Å²) in [4.78, 5) is 132. The topological polar surface area (TPSA) is 484 Å². The zero-order chi connectivity index (χ0) is 82.0. The Hall–Kier alpha value is -9.78. The van der Waals surface area contributed by atoms with E-state index in [0.717, 1.165) is 22.3 Å². The molecule has 8 amide bonds. The molecule has 624 valence electrons. The second kappa shape index (κ2) is 56.4. The van der Waals surface area contributed by atoms with Crippen molar-refractivity contribution in [2.75, 3.05) is 86.3 Å². The molecule has 112 heavy (non-hydrogen) atoms. The first kappa shape index (κ1) is 98.3. The predicted molar refractivity (Wildman–Crippen MR) is 411 cm³/mol. The number of halogens is 1. The second-order valence-corrected chi connectivity index (χ2v) is 25.9. The lowest BCUT2D eigenvalue weighted by Gasteiger charge is -2.22. The third-order valence-electron chi connectivity index (χ3n) is 17.2. The van der Waals surface area contributed by atoms with Gasteiger partial charge in [-0.2, -0.15) is 0 Å². The number of aliphatic hydroxyl groups excluding tert-OH is 6. The Bertz CT molecular complexity index is 3400. The molecule has 5 aliphatic rings. The number of β-amino-alcohol motifs (C(OH)–C–C–N with tert-alkyl or cyclic N) is 5. The molecule has 5 heterocycles. The Balaban J connectivity index is 0.000000463. The van der Waals surface area contributed by atoms with E-state index in [4.69, 9.17) is 34.9 Å². The summed E-state index contributed by atoms with van der Waals surface area (Å²) in [5, 5.41) is 77.4. The summed E-state index contributed by atoms with van der Waals surface area (Å²) in [5.74, 6) is -2.27. The van der Waals surface area contributed by atoms with E-state index in [2.05, 4.69) is 36.1 Å². The molecule has 0 spiro atoms. The summed E-state index contributed by atoms with van der Waals surface area (Å²) in [5.41, 5.74) is 8.83. The van der Waals surface area contributed by atoms with Crippen molar-refractivity contribution in [3.05, 3.63) is 144 Å². The van der Waals surface area contributed by atoms with Crippen molar-refractivity contribution in [1.29, 1.82) is 0 Å². The summed E-state index contributed by atoms with van der Waals surface area (Å²) in [6.07, 6.45) is -1.37. The molecule has 34 nitrogen and oxygen atoms in total. The number of carbonyl (C=O) groups excluding carboxylic acids is 10. The standard InChI is InChI=1S/C17H22N2O6.C16H22N2O5.C16H22N2O4.C12H15NO4.C8H16N2O2.C6H11NO3.C2H6.ClH/c1-24-16(22)14-9-13(20)10-19(14)15(21)7-8-18-17(23)25-11-12-5-3-2-4-6-12;19-10-13-8-14(20)9-18(13)15(21)6-7-17-16(22)23-11-12-4-2-1-3-5-12;1-12-9-14(19)10-18(12)15(20)7-8-17-16(21)22-11-13-5-3-2-4-6-13;14-11(15)7-4-8-13-12(16)17-9-10-5-2-1-3-6-10;1-6-4-7(11)5-10(6)8(12)2-3-9;1-10-6(9)5-2-4(8)3-7-5;1-2;/h2-6,13-14,20H,7-11H2,1H3,(H,18,23);1-5,13-14,19-20H,6-11H2,(H,17,22);2-6,12,14,19H,7-11H2,1H3,(H,17,21);1-3,5-6H,4,7-9H2,(H,13,16)(H,14,15);6-7,11H,2-5,9H2,1H3;4-5,7-8H,2-3H2,1H3;1-2H3;1H/t2*13-,14+;12-,14-;;6-,7-;4-,5+;;/m101.11../s1. The minimum absolute atomic E-state index is 0. The summed E-state index contributed by atoms with van der Waals surface area (Å²) < 4.78 is 29.2. The van der Waals surface area contributed by atoms with E-state index in [-0.39, 0.29) is 170 Å². The highest BCUT2D eigenvalue weighted by atomic mass is 35.5. The number of likely N-dealkylation sites (tertiary alicyclic amines) is 4. The first-order valence-corrected chi connectivity index (χ1v) is 37.0. The second-order valence-electron chi connectivity index (χ2n) is 25.9. The van der Waals surface area contributed by atoms with E-state index in [1.54, 1.807) is 9.80 Å². The maximum atomic E-state index is 12.2. The van der Waals surface area contributed by atoms with Gasteiger partial charge >= 0.3 is 42.3 Å². The molecular weight excluding hydrogens is 1480 g/mol. The fourth-order valence-corrected chi connectivity index (χ4v) is 11.6. The van der Waals surface area contributed by atoms with Gasteiger partial charge in [0.1, 0.15) is 38.5 Å². The Kier molecular flexibility index (Phi) is 49.5. The van der Waals surface area contributed by atoms with Gasteiger partial charge in [-0.05, 0) is 61.8 Å². The van der Waals surface area contributed by atoms with E-state index in [9.17, 15) is 78.3 Å². The van der Waals surface area contributed by atoms with Crippen molar-refractivity contribution in [3.8, 4) is 0 Å². The fraction of sp³-hybridized carbons (Fsp3) is 0.545. The van der Waals surface area contributed by atoms with Gasteiger partial charge in [-0.1, -0.05) is 135 Å². The number of carboxylic acid groups (broad SMARTS) is 1. The quantitative estimate of drug-likeness (QED) is 0.0243. The van der Waals surface area contributed by atoms with Gasteiger partial charge < -0.3 is 116 Å². The number of aliphatic carboxylic acids is 1. The number of methoxy groups -OCH3 is 2. The van der Waals surface area contributed by atoms with Crippen LogP contribution in [0.5, 0.6) is 0 Å². The lowest BCUT2D eigenvalue weighted by atomic mass is 10.2. The minimum atomic E-state index is -0.871. The Morgan fingerprint density at radius 1 is 0.438 bits per heavy atom. The van der Waals surface area contributed by atoms with E-state index in [1.165, 1.54) is 24.0 Å². The van der Waals surface area contributed by atoms with Crippen LogP contribution in [0.3, 0.4) is 0 Å². The molecule has 35 heteroatoms. The third-order valence-corrected chi connectivity index (χ3v) is 17.2. The molecule has 4 aromatic carbocycles. The number of aliphatic hydroxyl groups is 6. The maximum absolute atomic E-state index is 12.2. The van der Waals surface area contributed by atoms with Crippen LogP contribution in [0.2, 0.25) is 0 Å². The number of benzene rings is 4. The number of alkyl carbamates (subject to hydrolysis) is 4. The maximum Gasteiger partial charge on any atom is 0.407 e. The molecule has 0 unspecified atom stereocenters. The first-order valence-electron chi connectivity index (χ1n) is 37.0. The molecule has 14 N–H and O–H groups in total. The van der Waals surface area contributed by atoms with E-state index >= 15 is 0 Å². The molecule has 0 aromatic heterocycles. The average molecular weight is 1600 g/mol. The van der Waals surface area contributed by atoms with E-state index in [0.29, 0.717) is 71.2 Å². The lowest BCUT2D eigenvalue weighted by molar-refractivity contribution is -0.150. The monoisotopic (exact) mass is 1600 g/mol. The molecule has 5 aliphatic heterocycles. The van der Waals surface area contributed by atoms with E-state index < -0.39 is 66.8 Å². The molecule has 10 atom stereocenters. The Morgan fingerprint density at radius 2 is 0.768 bits per heavy atom. The van der Waals surface area contributed by atoms with Crippen LogP contribution in [0.4, 0.5) is 19.2 Å². The number of esters is 2. The van der Waals surface area contributed by atoms with Crippen molar-refractivity contribution < 1.29 is 117 Å². The number of carbonyl (C=O) groups is 11. The summed E-state index contributed by atoms with van der Waals surface area (Å²) in [6, 6.07) is 36.0. The normalized spacial score (nSPS) is 20.1. The van der Waals surface area contributed by atoms with Crippen LogP contribution in [-0.2, 0) is 88.4 Å². The summed E-state index contributed by atoms with van der Waals surface area (Å²) in [6.45, 7) is 11.2. The number of hydrogen-bond acceptors (Lipinski definition) is 25. The number of nitrogens with one attached hydrogen (secondary N) is 5.